The maximum Gasteiger partial charge on any atom is 0.130 e. The first-order valence-corrected chi connectivity index (χ1v) is 6.61. The molecule has 5 nitrogen and oxygen atoms in total. The number of pyridine rings is 1. The van der Waals surface area contributed by atoms with Gasteiger partial charge in [-0.05, 0) is 26.0 Å². The van der Waals surface area contributed by atoms with E-state index in [0.717, 1.165) is 0 Å². The summed E-state index contributed by atoms with van der Waals surface area (Å²) in [6.07, 6.45) is 0. The Balaban J connectivity index is 2.89. The minimum atomic E-state index is 0.380. The summed E-state index contributed by atoms with van der Waals surface area (Å²) in [7, 11) is 3.11. The van der Waals surface area contributed by atoms with Crippen LogP contribution < -0.4 is 9.47 Å². The summed E-state index contributed by atoms with van der Waals surface area (Å²) in [6, 6.07) is 9.57. The van der Waals surface area contributed by atoms with Crippen LogP contribution in [0.4, 0.5) is 0 Å². The maximum absolute atomic E-state index is 9.47. The van der Waals surface area contributed by atoms with Crippen molar-refractivity contribution in [2.24, 2.45) is 0 Å². The van der Waals surface area contributed by atoms with Crippen LogP contribution in [0.1, 0.15) is 22.5 Å². The van der Waals surface area contributed by atoms with Gasteiger partial charge in [0.25, 0.3) is 0 Å². The highest BCUT2D eigenvalue weighted by atomic mass is 16.5. The van der Waals surface area contributed by atoms with Gasteiger partial charge in [-0.25, -0.2) is 0 Å². The normalized spacial score (nSPS) is 9.73. The fourth-order valence-electron chi connectivity index (χ4n) is 2.40. The Hall–Kier alpha value is -3.05. The van der Waals surface area contributed by atoms with Gasteiger partial charge in [-0.2, -0.15) is 10.5 Å². The van der Waals surface area contributed by atoms with Crippen LogP contribution >= 0.6 is 0 Å². The van der Waals surface area contributed by atoms with Gasteiger partial charge in [0, 0.05) is 17.2 Å². The second-order valence-electron chi connectivity index (χ2n) is 4.70. The van der Waals surface area contributed by atoms with Crippen LogP contribution in [-0.4, -0.2) is 19.2 Å². The van der Waals surface area contributed by atoms with E-state index in [1.54, 1.807) is 39.2 Å². The zero-order valence-corrected chi connectivity index (χ0v) is 12.9. The summed E-state index contributed by atoms with van der Waals surface area (Å²) in [4.78, 5) is 4.28. The lowest BCUT2D eigenvalue weighted by Gasteiger charge is -2.15. The molecule has 2 aromatic rings. The molecule has 0 aliphatic heterocycles. The molecule has 2 rings (SSSR count). The number of rotatable bonds is 3. The first-order valence-electron chi connectivity index (χ1n) is 6.61. The molecule has 0 radical (unpaired) electrons. The molecule has 1 aromatic carbocycles. The number of hydrogen-bond donors (Lipinski definition) is 0. The second-order valence-corrected chi connectivity index (χ2v) is 4.70. The molecule has 5 heteroatoms. The quantitative estimate of drug-likeness (QED) is 0.868. The standard InChI is InChI=1S/C17H15N3O2/c1-10-14(8-18)17(15(9-19)11(2)20-10)13-6-5-12(21-3)7-16(13)22-4/h5-7H,1-4H3. The Morgan fingerprint density at radius 3 is 2.00 bits per heavy atom. The van der Waals surface area contributed by atoms with Crippen LogP contribution in [-0.2, 0) is 0 Å². The molecule has 0 saturated heterocycles. The lowest BCUT2D eigenvalue weighted by molar-refractivity contribution is 0.395. The Labute approximate surface area is 129 Å². The second kappa shape index (κ2) is 6.15. The van der Waals surface area contributed by atoms with E-state index in [1.807, 2.05) is 0 Å². The molecule has 0 amide bonds. The molecule has 0 unspecified atom stereocenters. The number of nitrogens with zero attached hydrogens (tertiary/aromatic N) is 3. The maximum atomic E-state index is 9.47. The van der Waals surface area contributed by atoms with Crippen molar-refractivity contribution in [2.45, 2.75) is 13.8 Å². The highest BCUT2D eigenvalue weighted by Crippen LogP contribution is 2.38. The van der Waals surface area contributed by atoms with E-state index in [9.17, 15) is 10.5 Å². The predicted octanol–water partition coefficient (Wildman–Crippen LogP) is 3.13. The van der Waals surface area contributed by atoms with E-state index in [2.05, 4.69) is 17.1 Å². The van der Waals surface area contributed by atoms with Gasteiger partial charge in [0.2, 0.25) is 0 Å². The minimum absolute atomic E-state index is 0.380. The molecule has 0 saturated carbocycles. The largest absolute Gasteiger partial charge is 0.497 e. The van der Waals surface area contributed by atoms with Gasteiger partial charge in [0.05, 0.1) is 36.7 Å². The number of aryl methyl sites for hydroxylation is 2. The number of benzene rings is 1. The topological polar surface area (TPSA) is 78.9 Å². The summed E-state index contributed by atoms with van der Waals surface area (Å²) in [5.41, 5.74) is 3.16. The lowest BCUT2D eigenvalue weighted by atomic mass is 9.93. The summed E-state index contributed by atoms with van der Waals surface area (Å²) in [5, 5.41) is 18.9. The minimum Gasteiger partial charge on any atom is -0.497 e. The number of nitriles is 2. The molecule has 0 spiro atoms. The van der Waals surface area contributed by atoms with E-state index in [4.69, 9.17) is 9.47 Å². The molecule has 0 aliphatic carbocycles. The molecular formula is C17H15N3O2. The monoisotopic (exact) mass is 293 g/mol. The van der Waals surface area contributed by atoms with E-state index < -0.39 is 0 Å². The van der Waals surface area contributed by atoms with Crippen molar-refractivity contribution in [3.05, 3.63) is 40.7 Å². The average molecular weight is 293 g/mol. The smallest absolute Gasteiger partial charge is 0.130 e. The van der Waals surface area contributed by atoms with Gasteiger partial charge in [0.1, 0.15) is 23.6 Å². The Morgan fingerprint density at radius 1 is 0.955 bits per heavy atom. The van der Waals surface area contributed by atoms with Gasteiger partial charge < -0.3 is 9.47 Å². The number of aromatic nitrogens is 1. The molecular weight excluding hydrogens is 278 g/mol. The molecule has 1 heterocycles. The molecule has 0 aliphatic rings. The van der Waals surface area contributed by atoms with E-state index in [-0.39, 0.29) is 0 Å². The van der Waals surface area contributed by atoms with Crippen LogP contribution in [0.3, 0.4) is 0 Å². The van der Waals surface area contributed by atoms with E-state index >= 15 is 0 Å². The number of methoxy groups -OCH3 is 2. The van der Waals surface area contributed by atoms with Gasteiger partial charge in [-0.3, -0.25) is 4.98 Å². The first kappa shape index (κ1) is 15.3. The molecule has 22 heavy (non-hydrogen) atoms. The highest BCUT2D eigenvalue weighted by molar-refractivity contribution is 5.82. The van der Waals surface area contributed by atoms with Crippen molar-refractivity contribution in [3.63, 3.8) is 0 Å². The van der Waals surface area contributed by atoms with Gasteiger partial charge in [0.15, 0.2) is 0 Å². The van der Waals surface area contributed by atoms with Crippen LogP contribution in [0.15, 0.2) is 18.2 Å². The van der Waals surface area contributed by atoms with Crippen molar-refractivity contribution >= 4 is 0 Å². The zero-order chi connectivity index (χ0) is 16.3. The van der Waals surface area contributed by atoms with Crippen LogP contribution in [0.5, 0.6) is 11.5 Å². The predicted molar refractivity (Wildman–Crippen MR) is 81.7 cm³/mol. The summed E-state index contributed by atoms with van der Waals surface area (Å²) >= 11 is 0. The average Bonchev–Trinajstić information content (AvgIpc) is 2.53. The Bertz CT molecular complexity index is 776. The van der Waals surface area contributed by atoms with Gasteiger partial charge in [-0.15, -0.1) is 0 Å². The first-order chi connectivity index (χ1) is 10.6. The third-order valence-electron chi connectivity index (χ3n) is 3.46. The highest BCUT2D eigenvalue weighted by Gasteiger charge is 2.20. The van der Waals surface area contributed by atoms with Crippen molar-refractivity contribution in [1.29, 1.82) is 10.5 Å². The lowest BCUT2D eigenvalue weighted by Crippen LogP contribution is -2.02. The van der Waals surface area contributed by atoms with Crippen molar-refractivity contribution in [3.8, 4) is 34.8 Å². The van der Waals surface area contributed by atoms with Crippen LogP contribution in [0, 0.1) is 36.5 Å². The van der Waals surface area contributed by atoms with Crippen LogP contribution in [0.25, 0.3) is 11.1 Å². The molecule has 1 aromatic heterocycles. The molecule has 110 valence electrons. The van der Waals surface area contributed by atoms with Crippen molar-refractivity contribution < 1.29 is 9.47 Å². The van der Waals surface area contributed by atoms with Gasteiger partial charge in [-0.1, -0.05) is 0 Å². The Morgan fingerprint density at radius 2 is 1.55 bits per heavy atom. The summed E-state index contributed by atoms with van der Waals surface area (Å²) in [5.74, 6) is 1.18. The molecule has 0 N–H and O–H groups in total. The van der Waals surface area contributed by atoms with Crippen molar-refractivity contribution in [1.82, 2.24) is 4.98 Å². The van der Waals surface area contributed by atoms with Crippen LogP contribution in [0.2, 0.25) is 0 Å². The third kappa shape index (κ3) is 2.45. The number of hydrogen-bond acceptors (Lipinski definition) is 5. The van der Waals surface area contributed by atoms with Gasteiger partial charge >= 0.3 is 0 Å². The Kier molecular flexibility index (Phi) is 4.29. The number of ether oxygens (including phenoxy) is 2. The molecule has 0 atom stereocenters. The SMILES string of the molecule is COc1ccc(-c2c(C#N)c(C)nc(C)c2C#N)c(OC)c1. The fraction of sp³-hybridized carbons (Fsp3) is 0.235. The molecule has 0 fully saturated rings. The third-order valence-corrected chi connectivity index (χ3v) is 3.46. The molecule has 0 bridgehead atoms. The van der Waals surface area contributed by atoms with Crippen molar-refractivity contribution in [2.75, 3.05) is 14.2 Å². The zero-order valence-electron chi connectivity index (χ0n) is 12.9. The summed E-state index contributed by atoms with van der Waals surface area (Å²) < 4.78 is 10.6. The fourth-order valence-corrected chi connectivity index (χ4v) is 2.40. The summed E-state index contributed by atoms with van der Waals surface area (Å²) in [6.45, 7) is 3.51. The van der Waals surface area contributed by atoms with E-state index in [1.165, 1.54) is 7.11 Å². The van der Waals surface area contributed by atoms with E-state index in [0.29, 0.717) is 45.1 Å².